The van der Waals surface area contributed by atoms with Crippen LogP contribution in [0, 0.1) is 20.8 Å². The highest BCUT2D eigenvalue weighted by molar-refractivity contribution is 5.57. The number of phenolic OH excluding ortho intramolecular Hbond substituents is 4. The van der Waals surface area contributed by atoms with E-state index in [1.807, 2.05) is 0 Å². The molecule has 0 bridgehead atoms. The molecule has 1 atom stereocenters. The van der Waals surface area contributed by atoms with Gasteiger partial charge in [0, 0.05) is 17.2 Å². The van der Waals surface area contributed by atoms with Crippen molar-refractivity contribution >= 4 is 0 Å². The minimum Gasteiger partial charge on any atom is -0.508 e. The Hall–Kier alpha value is -2.40. The van der Waals surface area contributed by atoms with Gasteiger partial charge in [-0.25, -0.2) is 0 Å². The molecule has 2 rings (SSSR count). The molecule has 2 aromatic rings. The van der Waals surface area contributed by atoms with E-state index in [0.29, 0.717) is 34.2 Å². The van der Waals surface area contributed by atoms with E-state index >= 15 is 0 Å². The number of hydrogen-bond donors (Lipinski definition) is 5. The first-order valence-electron chi connectivity index (χ1n) is 7.44. The van der Waals surface area contributed by atoms with Crippen LogP contribution in [0.15, 0.2) is 18.2 Å². The van der Waals surface area contributed by atoms with Crippen LogP contribution in [0.2, 0.25) is 0 Å². The number of aliphatic hydroxyl groups is 1. The fraction of sp³-hybridized carbons (Fsp3) is 0.333. The summed E-state index contributed by atoms with van der Waals surface area (Å²) in [5, 5.41) is 49.9. The third kappa shape index (κ3) is 3.19. The maximum atomic E-state index is 10.4. The van der Waals surface area contributed by atoms with Crippen LogP contribution in [0.3, 0.4) is 0 Å². The standard InChI is InChI=1S/C18H22O5/c1-9-10(2)18(23)16(11(3)17(9)22)14(20)7-5-12-4-6-13(19)8-15(12)21/h4,6,8,14,19-23H,5,7H2,1-3H3. The van der Waals surface area contributed by atoms with Crippen LogP contribution >= 0.6 is 0 Å². The summed E-state index contributed by atoms with van der Waals surface area (Å²) in [5.41, 5.74) is 2.48. The number of benzene rings is 2. The van der Waals surface area contributed by atoms with E-state index in [9.17, 15) is 25.5 Å². The van der Waals surface area contributed by atoms with Crippen LogP contribution in [0.1, 0.15) is 40.3 Å². The zero-order chi connectivity index (χ0) is 17.3. The lowest BCUT2D eigenvalue weighted by Gasteiger charge is -2.20. The van der Waals surface area contributed by atoms with Crippen molar-refractivity contribution in [2.75, 3.05) is 0 Å². The van der Waals surface area contributed by atoms with Gasteiger partial charge in [-0.1, -0.05) is 6.07 Å². The average molecular weight is 318 g/mol. The van der Waals surface area contributed by atoms with Crippen molar-refractivity contribution in [3.8, 4) is 23.0 Å². The van der Waals surface area contributed by atoms with Crippen molar-refractivity contribution in [2.24, 2.45) is 0 Å². The van der Waals surface area contributed by atoms with Crippen molar-refractivity contribution < 1.29 is 25.5 Å². The maximum absolute atomic E-state index is 10.4. The molecule has 1 unspecified atom stereocenters. The topological polar surface area (TPSA) is 101 Å². The summed E-state index contributed by atoms with van der Waals surface area (Å²) in [6, 6.07) is 4.29. The predicted molar refractivity (Wildman–Crippen MR) is 87.0 cm³/mol. The summed E-state index contributed by atoms with van der Waals surface area (Å²) in [7, 11) is 0. The van der Waals surface area contributed by atoms with Gasteiger partial charge < -0.3 is 25.5 Å². The Morgan fingerprint density at radius 3 is 2.09 bits per heavy atom. The Bertz CT molecular complexity index is 708. The Morgan fingerprint density at radius 1 is 0.870 bits per heavy atom. The van der Waals surface area contributed by atoms with Gasteiger partial charge in [-0.15, -0.1) is 0 Å². The van der Waals surface area contributed by atoms with Crippen LogP contribution in [0.5, 0.6) is 23.0 Å². The van der Waals surface area contributed by atoms with Gasteiger partial charge in [-0.05, 0) is 56.4 Å². The Labute approximate surface area is 135 Å². The normalized spacial score (nSPS) is 12.3. The largest absolute Gasteiger partial charge is 0.508 e. The number of rotatable bonds is 4. The molecule has 0 spiro atoms. The number of aryl methyl sites for hydroxylation is 1. The first-order valence-corrected chi connectivity index (χ1v) is 7.44. The fourth-order valence-corrected chi connectivity index (χ4v) is 2.75. The molecule has 0 fully saturated rings. The van der Waals surface area contributed by atoms with E-state index in [0.717, 1.165) is 0 Å². The third-order valence-electron chi connectivity index (χ3n) is 4.38. The van der Waals surface area contributed by atoms with Gasteiger partial charge in [0.05, 0.1) is 6.10 Å². The maximum Gasteiger partial charge on any atom is 0.125 e. The lowest BCUT2D eigenvalue weighted by Crippen LogP contribution is -2.05. The van der Waals surface area contributed by atoms with Crippen molar-refractivity contribution in [1.82, 2.24) is 0 Å². The molecule has 5 heteroatoms. The monoisotopic (exact) mass is 318 g/mol. The molecule has 0 aliphatic carbocycles. The van der Waals surface area contributed by atoms with Crippen molar-refractivity contribution in [1.29, 1.82) is 0 Å². The first-order chi connectivity index (χ1) is 10.7. The number of aromatic hydroxyl groups is 4. The van der Waals surface area contributed by atoms with E-state index in [4.69, 9.17) is 0 Å². The zero-order valence-corrected chi connectivity index (χ0v) is 13.5. The summed E-state index contributed by atoms with van der Waals surface area (Å²) in [6.07, 6.45) is -0.359. The SMILES string of the molecule is Cc1c(C)c(O)c(C(O)CCc2ccc(O)cc2O)c(C)c1O. The molecule has 0 heterocycles. The molecule has 0 aliphatic heterocycles. The smallest absolute Gasteiger partial charge is 0.125 e. The number of aliphatic hydroxyl groups excluding tert-OH is 1. The summed E-state index contributed by atoms with van der Waals surface area (Å²) in [6.45, 7) is 5.05. The summed E-state index contributed by atoms with van der Waals surface area (Å²) in [5.74, 6) is -0.0116. The van der Waals surface area contributed by atoms with Gasteiger partial charge in [0.2, 0.25) is 0 Å². The Balaban J connectivity index is 2.26. The minimum absolute atomic E-state index is 0.0137. The van der Waals surface area contributed by atoms with E-state index in [2.05, 4.69) is 0 Å². The van der Waals surface area contributed by atoms with Gasteiger partial charge in [0.25, 0.3) is 0 Å². The molecular weight excluding hydrogens is 296 g/mol. The third-order valence-corrected chi connectivity index (χ3v) is 4.38. The van der Waals surface area contributed by atoms with Gasteiger partial charge in [-0.2, -0.15) is 0 Å². The van der Waals surface area contributed by atoms with Crippen LogP contribution in [0.25, 0.3) is 0 Å². The van der Waals surface area contributed by atoms with Crippen molar-refractivity contribution in [3.63, 3.8) is 0 Å². The second-order valence-corrected chi connectivity index (χ2v) is 5.85. The van der Waals surface area contributed by atoms with Gasteiger partial charge in [0.1, 0.15) is 23.0 Å². The summed E-state index contributed by atoms with van der Waals surface area (Å²) < 4.78 is 0. The molecule has 124 valence electrons. The lowest BCUT2D eigenvalue weighted by atomic mass is 9.91. The minimum atomic E-state index is -0.978. The predicted octanol–water partition coefficient (Wildman–Crippen LogP) is 3.10. The van der Waals surface area contributed by atoms with E-state index in [1.54, 1.807) is 26.8 Å². The highest BCUT2D eigenvalue weighted by Crippen LogP contribution is 2.40. The van der Waals surface area contributed by atoms with Crippen molar-refractivity contribution in [3.05, 3.63) is 46.0 Å². The fourth-order valence-electron chi connectivity index (χ4n) is 2.75. The molecule has 0 aromatic heterocycles. The van der Waals surface area contributed by atoms with Gasteiger partial charge in [0.15, 0.2) is 0 Å². The quantitative estimate of drug-likeness (QED) is 0.558. The Morgan fingerprint density at radius 2 is 1.48 bits per heavy atom. The first kappa shape index (κ1) is 17.0. The van der Waals surface area contributed by atoms with Gasteiger partial charge in [-0.3, -0.25) is 0 Å². The van der Waals surface area contributed by atoms with Crippen LogP contribution in [0.4, 0.5) is 0 Å². The summed E-state index contributed by atoms with van der Waals surface area (Å²) >= 11 is 0. The van der Waals surface area contributed by atoms with E-state index < -0.39 is 6.10 Å². The Kier molecular flexibility index (Phi) is 4.71. The van der Waals surface area contributed by atoms with Crippen LogP contribution < -0.4 is 0 Å². The lowest BCUT2D eigenvalue weighted by molar-refractivity contribution is 0.162. The molecule has 0 amide bonds. The van der Waals surface area contributed by atoms with Crippen LogP contribution in [-0.2, 0) is 6.42 Å². The number of hydrogen-bond acceptors (Lipinski definition) is 5. The molecule has 0 aliphatic rings. The van der Waals surface area contributed by atoms with Gasteiger partial charge >= 0.3 is 0 Å². The number of phenols is 4. The molecule has 5 nitrogen and oxygen atoms in total. The highest BCUT2D eigenvalue weighted by atomic mass is 16.3. The molecule has 2 aromatic carbocycles. The molecule has 0 radical (unpaired) electrons. The molecule has 0 saturated heterocycles. The van der Waals surface area contributed by atoms with Crippen LogP contribution in [-0.4, -0.2) is 25.5 Å². The van der Waals surface area contributed by atoms with E-state index in [1.165, 1.54) is 12.1 Å². The summed E-state index contributed by atoms with van der Waals surface area (Å²) in [4.78, 5) is 0. The second kappa shape index (κ2) is 6.38. The van der Waals surface area contributed by atoms with Crippen molar-refractivity contribution in [2.45, 2.75) is 39.7 Å². The van der Waals surface area contributed by atoms with E-state index in [-0.39, 0.29) is 29.4 Å². The molecule has 5 N–H and O–H groups in total. The molecule has 0 saturated carbocycles. The second-order valence-electron chi connectivity index (χ2n) is 5.85. The highest BCUT2D eigenvalue weighted by Gasteiger charge is 2.22. The molecular formula is C18H22O5. The zero-order valence-electron chi connectivity index (χ0n) is 13.5. The molecule has 23 heavy (non-hydrogen) atoms. The average Bonchev–Trinajstić information content (AvgIpc) is 2.50.